The average Bonchev–Trinajstić information content (AvgIpc) is 2.82. The van der Waals surface area contributed by atoms with E-state index < -0.39 is 41.1 Å². The maximum Gasteiger partial charge on any atom is 0.408 e. The Bertz CT molecular complexity index is 1200. The summed E-state index contributed by atoms with van der Waals surface area (Å²) in [6, 6.07) is 13.0. The molecule has 0 aliphatic heterocycles. The summed E-state index contributed by atoms with van der Waals surface area (Å²) < 4.78 is 5.39. The van der Waals surface area contributed by atoms with E-state index in [-0.39, 0.29) is 25.3 Å². The zero-order valence-corrected chi connectivity index (χ0v) is 25.0. The van der Waals surface area contributed by atoms with Crippen molar-refractivity contribution in [2.75, 3.05) is 0 Å². The fourth-order valence-electron chi connectivity index (χ4n) is 4.42. The molecule has 0 radical (unpaired) electrons. The molecule has 9 nitrogen and oxygen atoms in total. The first kappa shape index (κ1) is 32.3. The molecule has 2 aromatic carbocycles. The van der Waals surface area contributed by atoms with Crippen LogP contribution >= 0.6 is 0 Å². The van der Waals surface area contributed by atoms with Gasteiger partial charge in [0.05, 0.1) is 0 Å². The van der Waals surface area contributed by atoms with E-state index >= 15 is 0 Å². The Morgan fingerprint density at radius 1 is 0.950 bits per heavy atom. The fraction of sp³-hybridized carbons (Fsp3) is 0.484. The van der Waals surface area contributed by atoms with Gasteiger partial charge in [-0.1, -0.05) is 54.1 Å². The number of aryl methyl sites for hydroxylation is 2. The largest absolute Gasteiger partial charge is 0.444 e. The van der Waals surface area contributed by atoms with Crippen molar-refractivity contribution in [3.63, 3.8) is 0 Å². The summed E-state index contributed by atoms with van der Waals surface area (Å²) in [5.41, 5.74) is 7.16. The number of carbonyl (C=O) groups is 4. The van der Waals surface area contributed by atoms with Crippen LogP contribution in [0.5, 0.6) is 0 Å². The molecule has 0 aliphatic carbocycles. The molecule has 9 heteroatoms. The molecule has 0 heterocycles. The number of amides is 4. The highest BCUT2D eigenvalue weighted by Gasteiger charge is 2.42. The number of ether oxygens (including phenoxy) is 1. The molecule has 2 unspecified atom stereocenters. The van der Waals surface area contributed by atoms with Gasteiger partial charge in [0.2, 0.25) is 17.7 Å². The average molecular weight is 553 g/mol. The van der Waals surface area contributed by atoms with Gasteiger partial charge in [0.15, 0.2) is 0 Å². The van der Waals surface area contributed by atoms with Gasteiger partial charge in [0.25, 0.3) is 0 Å². The number of nitrogens with zero attached hydrogens (tertiary/aromatic N) is 1. The molecular formula is C31H44N4O5. The van der Waals surface area contributed by atoms with Crippen LogP contribution in [0.1, 0.15) is 82.7 Å². The molecule has 4 amide bonds. The van der Waals surface area contributed by atoms with Crippen molar-refractivity contribution >= 4 is 23.8 Å². The molecule has 0 saturated heterocycles. The van der Waals surface area contributed by atoms with Crippen LogP contribution in [0.15, 0.2) is 48.5 Å². The monoisotopic (exact) mass is 552 g/mol. The van der Waals surface area contributed by atoms with Crippen molar-refractivity contribution in [2.24, 2.45) is 5.73 Å². The molecule has 2 aromatic rings. The van der Waals surface area contributed by atoms with Crippen molar-refractivity contribution in [3.05, 3.63) is 70.8 Å². The van der Waals surface area contributed by atoms with Gasteiger partial charge in [0, 0.05) is 18.5 Å². The van der Waals surface area contributed by atoms with Crippen molar-refractivity contribution in [3.8, 4) is 0 Å². The Labute approximate surface area is 237 Å². The number of nitrogens with one attached hydrogen (secondary N) is 2. The first-order chi connectivity index (χ1) is 18.5. The second kappa shape index (κ2) is 13.5. The molecule has 0 aromatic heterocycles. The van der Waals surface area contributed by atoms with Crippen LogP contribution in [0, 0.1) is 13.8 Å². The number of carbonyl (C=O) groups excluding carboxylic acids is 4. The van der Waals surface area contributed by atoms with E-state index in [9.17, 15) is 19.2 Å². The summed E-state index contributed by atoms with van der Waals surface area (Å²) in [6.07, 6.45) is -0.995. The van der Waals surface area contributed by atoms with E-state index in [0.717, 1.165) is 16.7 Å². The molecule has 2 rings (SSSR count). The Balaban J connectivity index is 2.57. The fourth-order valence-corrected chi connectivity index (χ4v) is 4.42. The number of hydrogen-bond acceptors (Lipinski definition) is 5. The Kier molecular flexibility index (Phi) is 10.9. The van der Waals surface area contributed by atoms with Crippen molar-refractivity contribution < 1.29 is 23.9 Å². The second-order valence-electron chi connectivity index (χ2n) is 12.0. The minimum Gasteiger partial charge on any atom is -0.444 e. The number of alkyl carbamates (subject to hydrolysis) is 1. The summed E-state index contributed by atoms with van der Waals surface area (Å²) in [5, 5.41) is 5.61. The van der Waals surface area contributed by atoms with Crippen molar-refractivity contribution in [1.82, 2.24) is 15.5 Å². The number of rotatable bonds is 10. The third kappa shape index (κ3) is 9.70. The third-order valence-corrected chi connectivity index (χ3v) is 6.16. The highest BCUT2D eigenvalue weighted by atomic mass is 16.6. The van der Waals surface area contributed by atoms with Crippen LogP contribution in [-0.4, -0.2) is 45.9 Å². The van der Waals surface area contributed by atoms with Crippen LogP contribution in [-0.2, 0) is 25.7 Å². The molecular weight excluding hydrogens is 508 g/mol. The molecule has 0 saturated carbocycles. The molecule has 40 heavy (non-hydrogen) atoms. The minimum absolute atomic E-state index is 0.0504. The van der Waals surface area contributed by atoms with Crippen LogP contribution < -0.4 is 16.4 Å². The predicted octanol–water partition coefficient (Wildman–Crippen LogP) is 4.45. The van der Waals surface area contributed by atoms with Gasteiger partial charge in [-0.25, -0.2) is 4.79 Å². The Morgan fingerprint density at radius 2 is 1.57 bits per heavy atom. The molecule has 218 valence electrons. The molecule has 2 atom stereocenters. The summed E-state index contributed by atoms with van der Waals surface area (Å²) in [4.78, 5) is 54.1. The van der Waals surface area contributed by atoms with Crippen molar-refractivity contribution in [1.29, 1.82) is 0 Å². The summed E-state index contributed by atoms with van der Waals surface area (Å²) in [7, 11) is 0. The lowest BCUT2D eigenvalue weighted by Gasteiger charge is -2.43. The van der Waals surface area contributed by atoms with Gasteiger partial charge in [-0.2, -0.15) is 0 Å². The zero-order valence-electron chi connectivity index (χ0n) is 25.0. The van der Waals surface area contributed by atoms with E-state index in [1.807, 2.05) is 83.1 Å². The number of primary amides is 1. The topological polar surface area (TPSA) is 131 Å². The van der Waals surface area contributed by atoms with Gasteiger partial charge in [-0.05, 0) is 78.5 Å². The third-order valence-electron chi connectivity index (χ3n) is 6.16. The first-order valence-electron chi connectivity index (χ1n) is 13.5. The molecule has 0 aliphatic rings. The van der Waals surface area contributed by atoms with Gasteiger partial charge in [-0.15, -0.1) is 0 Å². The van der Waals surface area contributed by atoms with Gasteiger partial charge < -0.3 is 26.0 Å². The van der Waals surface area contributed by atoms with Crippen LogP contribution in [0.3, 0.4) is 0 Å². The first-order valence-corrected chi connectivity index (χ1v) is 13.5. The maximum absolute atomic E-state index is 14.3. The van der Waals surface area contributed by atoms with Crippen LogP contribution in [0.4, 0.5) is 4.79 Å². The summed E-state index contributed by atoms with van der Waals surface area (Å²) in [5.74, 6) is -1.51. The van der Waals surface area contributed by atoms with E-state index in [2.05, 4.69) is 10.6 Å². The van der Waals surface area contributed by atoms with E-state index in [0.29, 0.717) is 5.56 Å². The lowest BCUT2D eigenvalue weighted by atomic mass is 9.91. The molecule has 0 bridgehead atoms. The lowest BCUT2D eigenvalue weighted by Crippen LogP contribution is -2.58. The number of benzene rings is 2. The number of hydrogen-bond donors (Lipinski definition) is 3. The molecule has 4 N–H and O–H groups in total. The van der Waals surface area contributed by atoms with Crippen molar-refractivity contribution in [2.45, 2.75) is 98.0 Å². The predicted molar refractivity (Wildman–Crippen MR) is 155 cm³/mol. The van der Waals surface area contributed by atoms with Gasteiger partial charge in [0.1, 0.15) is 17.7 Å². The minimum atomic E-state index is -1.16. The maximum atomic E-state index is 14.3. The molecule has 0 spiro atoms. The van der Waals surface area contributed by atoms with Crippen LogP contribution in [0.25, 0.3) is 0 Å². The highest BCUT2D eigenvalue weighted by molar-refractivity contribution is 5.93. The normalized spacial score (nSPS) is 13.1. The van der Waals surface area contributed by atoms with Gasteiger partial charge in [-0.3, -0.25) is 14.4 Å². The van der Waals surface area contributed by atoms with E-state index in [4.69, 9.17) is 10.5 Å². The van der Waals surface area contributed by atoms with Crippen LogP contribution in [0.2, 0.25) is 0 Å². The quantitative estimate of drug-likeness (QED) is 0.401. The van der Waals surface area contributed by atoms with Gasteiger partial charge >= 0.3 is 6.09 Å². The van der Waals surface area contributed by atoms with E-state index in [1.165, 1.54) is 4.90 Å². The second-order valence-corrected chi connectivity index (χ2v) is 12.0. The summed E-state index contributed by atoms with van der Waals surface area (Å²) in [6.45, 7) is 14.7. The standard InChI is InChI=1S/C31H44N4O5/c1-20-14-15-23(21(2)18-20)26(27(37)33-19-22-12-10-9-11-13-22)35(30(3,4)5)28(38)24(16-17-25(32)36)34-29(39)40-31(6,7)8/h9-15,18,24,26H,16-17,19H2,1-8H3,(H2,32,36)(H,33,37)(H,34,39). The Morgan fingerprint density at radius 3 is 2.10 bits per heavy atom. The lowest BCUT2D eigenvalue weighted by molar-refractivity contribution is -0.148. The smallest absolute Gasteiger partial charge is 0.408 e. The van der Waals surface area contributed by atoms with E-state index in [1.54, 1.807) is 20.8 Å². The zero-order chi connectivity index (χ0) is 30.3. The highest BCUT2D eigenvalue weighted by Crippen LogP contribution is 2.32. The summed E-state index contributed by atoms with van der Waals surface area (Å²) >= 11 is 0. The Hall–Kier alpha value is -3.88. The number of nitrogens with two attached hydrogens (primary N) is 1. The SMILES string of the molecule is Cc1ccc(C(C(=O)NCc2ccccc2)N(C(=O)C(CCC(N)=O)NC(=O)OC(C)(C)C)C(C)(C)C)c(C)c1. The molecule has 0 fully saturated rings.